The van der Waals surface area contributed by atoms with Crippen molar-refractivity contribution in [3.63, 3.8) is 0 Å². The van der Waals surface area contributed by atoms with Crippen LogP contribution in [0.25, 0.3) is 0 Å². The van der Waals surface area contributed by atoms with Gasteiger partial charge in [0.05, 0.1) is 0 Å². The molecule has 3 N–H and O–H groups in total. The van der Waals surface area contributed by atoms with Crippen molar-refractivity contribution in [2.45, 2.75) is 23.6 Å². The molecule has 1 aromatic rings. The number of hydrogen-bond donors (Lipinski definition) is 3. The molecular formula is C13H18N2O2S. The summed E-state index contributed by atoms with van der Waals surface area (Å²) in [6.07, 6.45) is 1.36. The Morgan fingerprint density at radius 1 is 1.33 bits per heavy atom. The summed E-state index contributed by atoms with van der Waals surface area (Å²) in [6.45, 7) is 1.57. The zero-order valence-electron chi connectivity index (χ0n) is 10.1. The number of hydrogen-bond acceptors (Lipinski definition) is 4. The smallest absolute Gasteiger partial charge is 0.321 e. The maximum atomic E-state index is 11.0. The molecule has 0 spiro atoms. The number of piperidine rings is 1. The average molecular weight is 266 g/mol. The summed E-state index contributed by atoms with van der Waals surface area (Å²) in [6, 6.07) is 9.20. The van der Waals surface area contributed by atoms with Crippen molar-refractivity contribution in [3.05, 3.63) is 30.3 Å². The number of carbonyl (C=O) groups is 1. The zero-order chi connectivity index (χ0) is 13.2. The minimum Gasteiger partial charge on any atom is -0.480 e. The molecule has 1 fully saturated rings. The third-order valence-electron chi connectivity index (χ3n) is 3.60. The van der Waals surface area contributed by atoms with Crippen LogP contribution >= 0.6 is 12.6 Å². The molecule has 1 heterocycles. The van der Waals surface area contributed by atoms with Crippen molar-refractivity contribution in [1.29, 1.82) is 0 Å². The summed E-state index contributed by atoms with van der Waals surface area (Å²) < 4.78 is -0.600. The molecule has 1 saturated heterocycles. The Hall–Kier alpha value is -1.20. The van der Waals surface area contributed by atoms with Crippen LogP contribution in [0.1, 0.15) is 12.8 Å². The van der Waals surface area contributed by atoms with Crippen LogP contribution in [0.5, 0.6) is 0 Å². The number of benzene rings is 1. The van der Waals surface area contributed by atoms with Crippen LogP contribution < -0.4 is 10.6 Å². The molecule has 4 nitrogen and oxygen atoms in total. The van der Waals surface area contributed by atoms with Crippen molar-refractivity contribution in [1.82, 2.24) is 0 Å². The summed E-state index contributed by atoms with van der Waals surface area (Å²) >= 11 is 4.50. The Labute approximate surface area is 112 Å². The van der Waals surface area contributed by atoms with Crippen molar-refractivity contribution < 1.29 is 9.90 Å². The Balaban J connectivity index is 2.02. The van der Waals surface area contributed by atoms with Gasteiger partial charge < -0.3 is 15.7 Å². The molecule has 5 heteroatoms. The standard InChI is InChI=1S/C13H18N2O2S/c14-11(12(16)17)13(18)6-8-15(9-7-13)10-4-2-1-3-5-10/h1-5,11,18H,6-9,14H2,(H,16,17). The van der Waals surface area contributed by atoms with E-state index in [1.807, 2.05) is 18.2 Å². The predicted molar refractivity (Wildman–Crippen MR) is 75.2 cm³/mol. The highest BCUT2D eigenvalue weighted by Crippen LogP contribution is 2.33. The van der Waals surface area contributed by atoms with E-state index < -0.39 is 16.8 Å². The van der Waals surface area contributed by atoms with E-state index in [2.05, 4.69) is 29.7 Å². The van der Waals surface area contributed by atoms with Gasteiger partial charge in [0.2, 0.25) is 0 Å². The minimum absolute atomic E-state index is 0.600. The molecule has 0 aromatic heterocycles. The van der Waals surface area contributed by atoms with E-state index in [1.165, 1.54) is 0 Å². The fourth-order valence-corrected chi connectivity index (χ4v) is 2.64. The fourth-order valence-electron chi connectivity index (χ4n) is 2.33. The first-order chi connectivity index (χ1) is 8.53. The minimum atomic E-state index is -0.974. The molecule has 1 aromatic carbocycles. The second-order valence-corrected chi connectivity index (χ2v) is 5.63. The van der Waals surface area contributed by atoms with E-state index in [1.54, 1.807) is 0 Å². The lowest BCUT2D eigenvalue weighted by Gasteiger charge is -2.41. The van der Waals surface area contributed by atoms with Gasteiger partial charge in [0.1, 0.15) is 6.04 Å². The Morgan fingerprint density at radius 3 is 2.39 bits per heavy atom. The lowest BCUT2D eigenvalue weighted by molar-refractivity contribution is -0.139. The fraction of sp³-hybridized carbons (Fsp3) is 0.462. The van der Waals surface area contributed by atoms with Gasteiger partial charge in [-0.1, -0.05) is 18.2 Å². The first kappa shape index (κ1) is 13.2. The molecule has 0 bridgehead atoms. The molecule has 98 valence electrons. The van der Waals surface area contributed by atoms with Gasteiger partial charge in [-0.2, -0.15) is 12.6 Å². The van der Waals surface area contributed by atoms with Crippen LogP contribution in [0.2, 0.25) is 0 Å². The van der Waals surface area contributed by atoms with Gasteiger partial charge in [-0.25, -0.2) is 0 Å². The van der Waals surface area contributed by atoms with Crippen LogP contribution in [0.4, 0.5) is 5.69 Å². The number of para-hydroxylation sites is 1. The highest BCUT2D eigenvalue weighted by atomic mass is 32.1. The highest BCUT2D eigenvalue weighted by molar-refractivity contribution is 7.82. The van der Waals surface area contributed by atoms with E-state index >= 15 is 0 Å². The Bertz CT molecular complexity index is 416. The number of carboxylic acids is 1. The number of thiol groups is 1. The van der Waals surface area contributed by atoms with Crippen molar-refractivity contribution in [2.75, 3.05) is 18.0 Å². The summed E-state index contributed by atoms with van der Waals surface area (Å²) in [4.78, 5) is 13.2. The van der Waals surface area contributed by atoms with Gasteiger partial charge in [-0.15, -0.1) is 0 Å². The van der Waals surface area contributed by atoms with Gasteiger partial charge in [-0.3, -0.25) is 4.79 Å². The molecule has 1 aliphatic heterocycles. The van der Waals surface area contributed by atoms with E-state index in [0.717, 1.165) is 18.8 Å². The quantitative estimate of drug-likeness (QED) is 0.723. The van der Waals surface area contributed by atoms with Gasteiger partial charge in [0, 0.05) is 23.5 Å². The molecule has 1 unspecified atom stereocenters. The average Bonchev–Trinajstić information content (AvgIpc) is 2.39. The van der Waals surface area contributed by atoms with Crippen molar-refractivity contribution >= 4 is 24.3 Å². The number of aliphatic carboxylic acids is 1. The van der Waals surface area contributed by atoms with E-state index in [9.17, 15) is 4.79 Å². The summed E-state index contributed by atoms with van der Waals surface area (Å²) in [5, 5.41) is 8.99. The van der Waals surface area contributed by atoms with E-state index in [0.29, 0.717) is 12.8 Å². The Morgan fingerprint density at radius 2 is 1.89 bits per heavy atom. The molecule has 0 radical (unpaired) electrons. The second-order valence-electron chi connectivity index (χ2n) is 4.74. The summed E-state index contributed by atoms with van der Waals surface area (Å²) in [7, 11) is 0. The maximum absolute atomic E-state index is 11.0. The Kier molecular flexibility index (Phi) is 3.82. The molecule has 0 aliphatic carbocycles. The topological polar surface area (TPSA) is 66.6 Å². The molecule has 0 amide bonds. The van der Waals surface area contributed by atoms with Crippen LogP contribution in [0.3, 0.4) is 0 Å². The van der Waals surface area contributed by atoms with Gasteiger partial charge >= 0.3 is 5.97 Å². The molecule has 1 aliphatic rings. The third kappa shape index (κ3) is 2.62. The van der Waals surface area contributed by atoms with Crippen LogP contribution in [0.15, 0.2) is 30.3 Å². The number of nitrogens with two attached hydrogens (primary N) is 1. The largest absolute Gasteiger partial charge is 0.480 e. The van der Waals surface area contributed by atoms with Crippen LogP contribution in [0, 0.1) is 0 Å². The highest BCUT2D eigenvalue weighted by Gasteiger charge is 2.40. The number of nitrogens with zero attached hydrogens (tertiary/aromatic N) is 1. The van der Waals surface area contributed by atoms with E-state index in [-0.39, 0.29) is 0 Å². The normalized spacial score (nSPS) is 20.4. The van der Waals surface area contributed by atoms with Gasteiger partial charge in [0.25, 0.3) is 0 Å². The third-order valence-corrected chi connectivity index (χ3v) is 4.32. The number of carboxylic acid groups (broad SMARTS) is 1. The van der Waals surface area contributed by atoms with Gasteiger partial charge in [-0.05, 0) is 25.0 Å². The van der Waals surface area contributed by atoms with Crippen LogP contribution in [-0.4, -0.2) is 35.0 Å². The van der Waals surface area contributed by atoms with Crippen LogP contribution in [-0.2, 0) is 4.79 Å². The summed E-state index contributed by atoms with van der Waals surface area (Å²) in [5.41, 5.74) is 6.88. The first-order valence-corrected chi connectivity index (χ1v) is 6.48. The SMILES string of the molecule is NC(C(=O)O)C1(S)CCN(c2ccccc2)CC1. The second kappa shape index (κ2) is 5.20. The van der Waals surface area contributed by atoms with Gasteiger partial charge in [0.15, 0.2) is 0 Å². The maximum Gasteiger partial charge on any atom is 0.321 e. The molecular weight excluding hydrogens is 248 g/mol. The monoisotopic (exact) mass is 266 g/mol. The zero-order valence-corrected chi connectivity index (χ0v) is 11.0. The summed E-state index contributed by atoms with van der Waals surface area (Å²) in [5.74, 6) is -0.974. The lowest BCUT2D eigenvalue weighted by atomic mass is 9.88. The lowest BCUT2D eigenvalue weighted by Crippen LogP contribution is -2.55. The van der Waals surface area contributed by atoms with Crippen molar-refractivity contribution in [3.8, 4) is 0 Å². The number of rotatable bonds is 3. The molecule has 2 rings (SSSR count). The number of anilines is 1. The first-order valence-electron chi connectivity index (χ1n) is 6.04. The molecule has 1 atom stereocenters. The van der Waals surface area contributed by atoms with E-state index in [4.69, 9.17) is 10.8 Å². The predicted octanol–water partition coefficient (Wildman–Crippen LogP) is 1.37. The molecule has 0 saturated carbocycles. The molecule has 18 heavy (non-hydrogen) atoms. The van der Waals surface area contributed by atoms with Crippen molar-refractivity contribution in [2.24, 2.45) is 5.73 Å².